The summed E-state index contributed by atoms with van der Waals surface area (Å²) in [5.41, 5.74) is 0. The molecule has 6 saturated heterocycles. The van der Waals surface area contributed by atoms with Crippen LogP contribution in [0.3, 0.4) is 0 Å². The fraction of sp³-hybridized carbons (Fsp3) is 0.951. The van der Waals surface area contributed by atoms with E-state index in [-0.39, 0.29) is 0 Å². The van der Waals surface area contributed by atoms with Crippen molar-refractivity contribution in [2.24, 2.45) is 0 Å². The fourth-order valence-electron chi connectivity index (χ4n) is 9.47. The van der Waals surface area contributed by atoms with Crippen molar-refractivity contribution in [2.45, 2.75) is 198 Å². The standard InChI is InChI=1S/C41H70N2O31/c1-10(49)42-18-23(54)32(15(7-47)65-36(18)62)71-37-19(43-11(2)50)24(55)33(16(8-48)68-37)72-40-30(61)34(22(53)17(70-40)9-64-38-27(58)25(56)20(51)12(4-44)66-38)73-41-35(29(60)31(63-3)14(6-46)69-41)74-39-28(59)26(57)21(52)13(5-45)67-39/h12-41,44-48,51-62H,4-9H2,1-3H3,(H,42,49)(H,43,50)/t12-,13-,14-,15-,16-,17-,18-,19-,20-,21-,22-,23-,24-,25+,26+,27+,28+,29+,30+,31-,32-,33-,34+,35+,36-,37+,38-,39-,40+,41-/m1/s1. The molecule has 0 saturated carbocycles. The molecule has 0 aromatic carbocycles. The molecule has 6 fully saturated rings. The third-order valence-corrected chi connectivity index (χ3v) is 13.5. The molecule has 19 N–H and O–H groups in total. The summed E-state index contributed by atoms with van der Waals surface area (Å²) in [6, 6.07) is -3.29. The maximum Gasteiger partial charge on any atom is 0.217 e. The molecule has 430 valence electrons. The molecule has 30 atom stereocenters. The van der Waals surface area contributed by atoms with Gasteiger partial charge in [0.15, 0.2) is 37.7 Å². The van der Waals surface area contributed by atoms with Gasteiger partial charge in [-0.1, -0.05) is 0 Å². The number of nitrogens with one attached hydrogen (secondary N) is 2. The van der Waals surface area contributed by atoms with Gasteiger partial charge in [0.25, 0.3) is 0 Å². The molecule has 33 nitrogen and oxygen atoms in total. The highest BCUT2D eigenvalue weighted by Crippen LogP contribution is 2.37. The minimum atomic E-state index is -2.30. The van der Waals surface area contributed by atoms with Crippen molar-refractivity contribution >= 4 is 11.8 Å². The molecule has 74 heavy (non-hydrogen) atoms. The average molecular weight is 1090 g/mol. The lowest BCUT2D eigenvalue weighted by Gasteiger charge is -2.51. The number of ether oxygens (including phenoxy) is 12. The molecule has 0 aliphatic carbocycles. The number of carbonyl (C=O) groups excluding carboxylic acids is 2. The van der Waals surface area contributed by atoms with Gasteiger partial charge in [0.05, 0.1) is 39.6 Å². The van der Waals surface area contributed by atoms with Crippen LogP contribution < -0.4 is 10.6 Å². The Kier molecular flexibility index (Phi) is 21.9. The van der Waals surface area contributed by atoms with E-state index in [1.54, 1.807) is 0 Å². The van der Waals surface area contributed by atoms with Crippen molar-refractivity contribution < 1.29 is 153 Å². The zero-order valence-corrected chi connectivity index (χ0v) is 39.9. The zero-order chi connectivity index (χ0) is 54.6. The van der Waals surface area contributed by atoms with Crippen molar-refractivity contribution in [3.8, 4) is 0 Å². The summed E-state index contributed by atoms with van der Waals surface area (Å²) in [6.07, 6.45) is -52.5. The van der Waals surface area contributed by atoms with Crippen LogP contribution in [-0.2, 0) is 66.4 Å². The van der Waals surface area contributed by atoms with Gasteiger partial charge in [-0.3, -0.25) is 9.59 Å². The molecule has 0 radical (unpaired) electrons. The van der Waals surface area contributed by atoms with Gasteiger partial charge >= 0.3 is 0 Å². The second kappa shape index (κ2) is 26.6. The Labute approximate surface area is 420 Å². The quantitative estimate of drug-likeness (QED) is 0.0571. The Bertz CT molecular complexity index is 1760. The molecule has 6 rings (SSSR count). The molecule has 33 heteroatoms. The first-order chi connectivity index (χ1) is 35.0. The lowest BCUT2D eigenvalue weighted by Crippen LogP contribution is -2.70. The van der Waals surface area contributed by atoms with E-state index in [1.165, 1.54) is 0 Å². The van der Waals surface area contributed by atoms with E-state index in [9.17, 15) is 96.4 Å². The molecule has 0 spiro atoms. The van der Waals surface area contributed by atoms with Gasteiger partial charge in [-0.05, 0) is 0 Å². The van der Waals surface area contributed by atoms with Crippen LogP contribution in [0.2, 0.25) is 0 Å². The summed E-state index contributed by atoms with van der Waals surface area (Å²) in [7, 11) is 1.11. The minimum Gasteiger partial charge on any atom is -0.394 e. The molecule has 6 aliphatic rings. The second-order valence-corrected chi connectivity index (χ2v) is 18.5. The normalized spacial score (nSPS) is 49.2. The summed E-state index contributed by atoms with van der Waals surface area (Å²) < 4.78 is 68.9. The average Bonchev–Trinajstić information content (AvgIpc) is 3.37. The third-order valence-electron chi connectivity index (χ3n) is 13.5. The summed E-state index contributed by atoms with van der Waals surface area (Å²) in [6.45, 7) is -3.43. The van der Waals surface area contributed by atoms with Crippen LogP contribution in [0.25, 0.3) is 0 Å². The van der Waals surface area contributed by atoms with E-state index >= 15 is 0 Å². The van der Waals surface area contributed by atoms with E-state index in [4.69, 9.17) is 56.8 Å². The lowest BCUT2D eigenvalue weighted by molar-refractivity contribution is -0.398. The van der Waals surface area contributed by atoms with E-state index in [2.05, 4.69) is 10.6 Å². The predicted molar refractivity (Wildman–Crippen MR) is 227 cm³/mol. The van der Waals surface area contributed by atoms with Crippen LogP contribution in [0.4, 0.5) is 0 Å². The van der Waals surface area contributed by atoms with Gasteiger partial charge in [0.1, 0.15) is 146 Å². The Morgan fingerprint density at radius 2 is 0.784 bits per heavy atom. The van der Waals surface area contributed by atoms with Crippen molar-refractivity contribution in [2.75, 3.05) is 46.8 Å². The van der Waals surface area contributed by atoms with Crippen LogP contribution in [0.5, 0.6) is 0 Å². The second-order valence-electron chi connectivity index (χ2n) is 18.5. The van der Waals surface area contributed by atoms with Gasteiger partial charge in [-0.25, -0.2) is 0 Å². The van der Waals surface area contributed by atoms with Crippen molar-refractivity contribution in [1.82, 2.24) is 10.6 Å². The van der Waals surface area contributed by atoms with Gasteiger partial charge in [0, 0.05) is 21.0 Å². The number of aliphatic hydroxyl groups is 17. The summed E-state index contributed by atoms with van der Waals surface area (Å²) in [4.78, 5) is 24.5. The Hall–Kier alpha value is -2.22. The number of amides is 2. The minimum absolute atomic E-state index is 0.715. The first kappa shape index (κ1) is 61.0. The number of rotatable bonds is 19. The van der Waals surface area contributed by atoms with Crippen LogP contribution in [0.15, 0.2) is 0 Å². The predicted octanol–water partition coefficient (Wildman–Crippen LogP) is -13.2. The lowest BCUT2D eigenvalue weighted by atomic mass is 9.94. The molecular formula is C41H70N2O31. The van der Waals surface area contributed by atoms with Crippen LogP contribution >= 0.6 is 0 Å². The topological polar surface area (TPSA) is 513 Å². The van der Waals surface area contributed by atoms with Crippen molar-refractivity contribution in [3.63, 3.8) is 0 Å². The largest absolute Gasteiger partial charge is 0.394 e. The van der Waals surface area contributed by atoms with Gasteiger partial charge in [0.2, 0.25) is 11.8 Å². The number of aliphatic hydroxyl groups excluding tert-OH is 17. The van der Waals surface area contributed by atoms with E-state index < -0.39 is 236 Å². The van der Waals surface area contributed by atoms with Gasteiger partial charge < -0.3 is 154 Å². The fourth-order valence-corrected chi connectivity index (χ4v) is 9.47. The van der Waals surface area contributed by atoms with Crippen molar-refractivity contribution in [3.05, 3.63) is 0 Å². The molecule has 0 aromatic rings. The number of hydrogen-bond donors (Lipinski definition) is 19. The molecule has 2 amide bonds. The van der Waals surface area contributed by atoms with Crippen molar-refractivity contribution in [1.29, 1.82) is 0 Å². The molecule has 0 unspecified atom stereocenters. The molecule has 6 heterocycles. The number of methoxy groups -OCH3 is 1. The highest BCUT2D eigenvalue weighted by atomic mass is 16.8. The highest BCUT2D eigenvalue weighted by molar-refractivity contribution is 5.73. The van der Waals surface area contributed by atoms with Gasteiger partial charge in [-0.2, -0.15) is 0 Å². The van der Waals surface area contributed by atoms with Gasteiger partial charge in [-0.15, -0.1) is 0 Å². The Balaban J connectivity index is 1.32. The summed E-state index contributed by atoms with van der Waals surface area (Å²) in [5, 5.41) is 188. The molecular weight excluding hydrogens is 1020 g/mol. The maximum absolute atomic E-state index is 12.6. The summed E-state index contributed by atoms with van der Waals surface area (Å²) in [5.74, 6) is -1.55. The first-order valence-electron chi connectivity index (χ1n) is 23.5. The van der Waals surface area contributed by atoms with Crippen LogP contribution in [0, 0.1) is 0 Å². The van der Waals surface area contributed by atoms with E-state index in [0.717, 1.165) is 21.0 Å². The molecule has 0 aromatic heterocycles. The van der Waals surface area contributed by atoms with E-state index in [0.29, 0.717) is 0 Å². The summed E-state index contributed by atoms with van der Waals surface area (Å²) >= 11 is 0. The van der Waals surface area contributed by atoms with E-state index in [1.807, 2.05) is 0 Å². The Morgan fingerprint density at radius 1 is 0.378 bits per heavy atom. The zero-order valence-electron chi connectivity index (χ0n) is 39.9. The molecule has 0 bridgehead atoms. The first-order valence-corrected chi connectivity index (χ1v) is 23.5. The van der Waals surface area contributed by atoms with Crippen LogP contribution in [-0.4, -0.2) is 329 Å². The third kappa shape index (κ3) is 13.1. The van der Waals surface area contributed by atoms with Crippen LogP contribution in [0.1, 0.15) is 13.8 Å². The maximum atomic E-state index is 12.6. The monoisotopic (exact) mass is 1090 g/mol. The highest BCUT2D eigenvalue weighted by Gasteiger charge is 2.58. The smallest absolute Gasteiger partial charge is 0.217 e. The SMILES string of the molecule is CO[C@H]1[C@H](O)[C@H](O[C@H]2O[C@H](CO)[C@@H](O)[C@H](O)[C@@H]2O)[C@@H](O[C@@H]2[C@H](O)[C@H](O[C@H]3[C@H](O)[C@@H](NC(C)=O)[C@H](O[C@H]4[C@H](O)[C@@H](NC(C)=O)[C@H](O)O[C@@H]4CO)O[C@@H]3CO)O[C@H](CO[C@@H]3O[C@H](CO)[C@@H](O)[C@H](O)[C@@H]3O)[C@H]2O)O[C@@H]1CO. The Morgan fingerprint density at radius 3 is 1.32 bits per heavy atom. The number of hydrogen-bond acceptors (Lipinski definition) is 31. The molecule has 6 aliphatic heterocycles. The number of carbonyl (C=O) groups is 2.